The molecule has 0 spiro atoms. The Bertz CT molecular complexity index is 573. The molecule has 21 heavy (non-hydrogen) atoms. The van der Waals surface area contributed by atoms with Crippen molar-refractivity contribution >= 4 is 31.7 Å². The van der Waals surface area contributed by atoms with Crippen LogP contribution in [-0.4, -0.2) is 46.4 Å². The summed E-state index contributed by atoms with van der Waals surface area (Å²) < 4.78 is 30.0. The molecule has 8 heteroatoms. The summed E-state index contributed by atoms with van der Waals surface area (Å²) >= 11 is 3.27. The lowest BCUT2D eigenvalue weighted by molar-refractivity contribution is 0.179. The van der Waals surface area contributed by atoms with E-state index >= 15 is 0 Å². The summed E-state index contributed by atoms with van der Waals surface area (Å²) in [6, 6.07) is 6.52. The summed E-state index contributed by atoms with van der Waals surface area (Å²) in [4.78, 5) is 4.29. The summed E-state index contributed by atoms with van der Waals surface area (Å²) in [5, 5.41) is 2.92. The van der Waals surface area contributed by atoms with Gasteiger partial charge in [0.25, 0.3) is 0 Å². The van der Waals surface area contributed by atoms with Gasteiger partial charge in [0.1, 0.15) is 0 Å². The minimum atomic E-state index is -3.35. The predicted molar refractivity (Wildman–Crippen MR) is 87.2 cm³/mol. The molecule has 0 radical (unpaired) electrons. The third-order valence-corrected chi connectivity index (χ3v) is 4.86. The number of guanidine groups is 1. The van der Waals surface area contributed by atoms with Crippen LogP contribution in [0.5, 0.6) is 0 Å². The van der Waals surface area contributed by atoms with Gasteiger partial charge in [0.15, 0.2) is 15.8 Å². The van der Waals surface area contributed by atoms with Gasteiger partial charge in [0, 0.05) is 17.6 Å². The predicted octanol–water partition coefficient (Wildman–Crippen LogP) is 1.16. The Morgan fingerprint density at radius 1 is 1.43 bits per heavy atom. The van der Waals surface area contributed by atoms with Gasteiger partial charge in [-0.3, -0.25) is 4.99 Å². The highest BCUT2D eigenvalue weighted by atomic mass is 79.9. The van der Waals surface area contributed by atoms with E-state index in [0.29, 0.717) is 6.61 Å². The molecule has 0 bridgehead atoms. The lowest BCUT2D eigenvalue weighted by Gasteiger charge is -2.13. The summed E-state index contributed by atoms with van der Waals surface area (Å²) in [7, 11) is -1.75. The highest BCUT2D eigenvalue weighted by Gasteiger charge is 2.13. The van der Waals surface area contributed by atoms with Crippen molar-refractivity contribution in [2.24, 2.45) is 10.7 Å². The average molecular weight is 378 g/mol. The van der Waals surface area contributed by atoms with Crippen molar-refractivity contribution < 1.29 is 13.2 Å². The van der Waals surface area contributed by atoms with Crippen molar-refractivity contribution in [3.8, 4) is 0 Å². The summed E-state index contributed by atoms with van der Waals surface area (Å²) in [6.45, 7) is 2.49. The van der Waals surface area contributed by atoms with Gasteiger partial charge in [-0.25, -0.2) is 8.42 Å². The summed E-state index contributed by atoms with van der Waals surface area (Å²) in [5.74, 6) is 0.126. The molecule has 3 N–H and O–H groups in total. The fourth-order valence-corrected chi connectivity index (χ4v) is 3.02. The molecule has 1 aromatic rings. The molecule has 0 fully saturated rings. The van der Waals surface area contributed by atoms with Crippen LogP contribution in [-0.2, 0) is 14.6 Å². The van der Waals surface area contributed by atoms with Crippen LogP contribution < -0.4 is 11.1 Å². The zero-order valence-corrected chi connectivity index (χ0v) is 14.4. The second-order valence-corrected chi connectivity index (χ2v) is 7.57. The Kier molecular flexibility index (Phi) is 7.13. The van der Waals surface area contributed by atoms with Gasteiger partial charge in [-0.2, -0.15) is 0 Å². The standard InChI is InChI=1S/C13H20BrN3O3S/c1-10(9-20-2)17-13(15)16-7-8-21(18,19)12-5-3-11(14)4-6-12/h3-6,10H,7-9H2,1-2H3,(H3,15,16,17). The van der Waals surface area contributed by atoms with Crippen LogP contribution in [0.25, 0.3) is 0 Å². The van der Waals surface area contributed by atoms with Crippen molar-refractivity contribution in [2.75, 3.05) is 26.0 Å². The minimum absolute atomic E-state index is 0.0156. The van der Waals surface area contributed by atoms with Crippen molar-refractivity contribution in [3.63, 3.8) is 0 Å². The monoisotopic (exact) mass is 377 g/mol. The lowest BCUT2D eigenvalue weighted by atomic mass is 10.4. The maximum atomic E-state index is 12.1. The number of benzene rings is 1. The highest BCUT2D eigenvalue weighted by Crippen LogP contribution is 2.15. The van der Waals surface area contributed by atoms with E-state index in [1.807, 2.05) is 6.92 Å². The van der Waals surface area contributed by atoms with E-state index in [-0.39, 0.29) is 29.2 Å². The van der Waals surface area contributed by atoms with E-state index in [1.165, 1.54) is 0 Å². The molecule has 1 unspecified atom stereocenters. The Morgan fingerprint density at radius 3 is 2.62 bits per heavy atom. The van der Waals surface area contributed by atoms with Crippen LogP contribution in [0.3, 0.4) is 0 Å². The van der Waals surface area contributed by atoms with Gasteiger partial charge in [-0.05, 0) is 31.2 Å². The van der Waals surface area contributed by atoms with E-state index < -0.39 is 9.84 Å². The summed E-state index contributed by atoms with van der Waals surface area (Å²) in [6.07, 6.45) is 0. The Hall–Kier alpha value is -1.12. The normalized spacial score (nSPS) is 14.0. The molecule has 1 rings (SSSR count). The molecule has 6 nitrogen and oxygen atoms in total. The fraction of sp³-hybridized carbons (Fsp3) is 0.462. The van der Waals surface area contributed by atoms with Crippen molar-refractivity contribution in [1.29, 1.82) is 0 Å². The van der Waals surface area contributed by atoms with Crippen LogP contribution in [0.2, 0.25) is 0 Å². The van der Waals surface area contributed by atoms with E-state index in [1.54, 1.807) is 31.4 Å². The molecule has 0 amide bonds. The maximum Gasteiger partial charge on any atom is 0.188 e. The highest BCUT2D eigenvalue weighted by molar-refractivity contribution is 9.10. The zero-order valence-electron chi connectivity index (χ0n) is 12.0. The first-order valence-corrected chi connectivity index (χ1v) is 8.83. The van der Waals surface area contributed by atoms with Crippen molar-refractivity contribution in [3.05, 3.63) is 28.7 Å². The van der Waals surface area contributed by atoms with Crippen LogP contribution in [0, 0.1) is 0 Å². The molecular formula is C13H20BrN3O3S. The topological polar surface area (TPSA) is 93.8 Å². The number of nitrogens with one attached hydrogen (secondary N) is 1. The maximum absolute atomic E-state index is 12.1. The number of nitrogens with two attached hydrogens (primary N) is 1. The van der Waals surface area contributed by atoms with E-state index in [4.69, 9.17) is 10.5 Å². The van der Waals surface area contributed by atoms with E-state index in [9.17, 15) is 8.42 Å². The second-order valence-electron chi connectivity index (χ2n) is 4.54. The van der Waals surface area contributed by atoms with Crippen molar-refractivity contribution in [2.45, 2.75) is 17.9 Å². The average Bonchev–Trinajstić information content (AvgIpc) is 2.39. The lowest BCUT2D eigenvalue weighted by Crippen LogP contribution is -2.40. The molecule has 1 aromatic carbocycles. The van der Waals surface area contributed by atoms with E-state index in [0.717, 1.165) is 4.47 Å². The Morgan fingerprint density at radius 2 is 2.05 bits per heavy atom. The molecule has 0 heterocycles. The van der Waals surface area contributed by atoms with Gasteiger partial charge >= 0.3 is 0 Å². The first-order chi connectivity index (χ1) is 9.85. The zero-order chi connectivity index (χ0) is 15.9. The third kappa shape index (κ3) is 6.45. The number of sulfone groups is 1. The van der Waals surface area contributed by atoms with E-state index in [2.05, 4.69) is 26.2 Å². The Balaban J connectivity index is 2.55. The van der Waals surface area contributed by atoms with Gasteiger partial charge in [-0.1, -0.05) is 15.9 Å². The van der Waals surface area contributed by atoms with Gasteiger partial charge in [-0.15, -0.1) is 0 Å². The third-order valence-electron chi connectivity index (χ3n) is 2.63. The fourth-order valence-electron chi connectivity index (χ4n) is 1.64. The number of methoxy groups -OCH3 is 1. The number of hydrogen-bond acceptors (Lipinski definition) is 4. The molecule has 0 saturated heterocycles. The molecule has 1 atom stereocenters. The molecule has 0 aliphatic carbocycles. The van der Waals surface area contributed by atoms with Gasteiger partial charge < -0.3 is 15.8 Å². The Labute approximate surface area is 133 Å². The number of hydrogen-bond donors (Lipinski definition) is 2. The number of rotatable bonds is 7. The molecule has 118 valence electrons. The van der Waals surface area contributed by atoms with Crippen LogP contribution in [0.15, 0.2) is 38.6 Å². The quantitative estimate of drug-likeness (QED) is 0.549. The van der Waals surface area contributed by atoms with Crippen LogP contribution >= 0.6 is 15.9 Å². The molecular weight excluding hydrogens is 358 g/mol. The van der Waals surface area contributed by atoms with Crippen molar-refractivity contribution in [1.82, 2.24) is 5.32 Å². The van der Waals surface area contributed by atoms with Crippen LogP contribution in [0.4, 0.5) is 0 Å². The van der Waals surface area contributed by atoms with Gasteiger partial charge in [0.05, 0.1) is 23.8 Å². The SMILES string of the molecule is COCC(C)NC(N)=NCCS(=O)(=O)c1ccc(Br)cc1. The molecule has 0 aromatic heterocycles. The number of ether oxygens (including phenoxy) is 1. The number of nitrogens with zero attached hydrogens (tertiary/aromatic N) is 1. The molecule has 0 saturated carbocycles. The van der Waals surface area contributed by atoms with Gasteiger partial charge in [0.2, 0.25) is 0 Å². The largest absolute Gasteiger partial charge is 0.383 e. The first kappa shape index (κ1) is 17.9. The summed E-state index contributed by atoms with van der Waals surface area (Å²) in [5.41, 5.74) is 5.68. The molecule has 0 aliphatic heterocycles. The second kappa shape index (κ2) is 8.35. The first-order valence-electron chi connectivity index (χ1n) is 6.39. The smallest absolute Gasteiger partial charge is 0.188 e. The number of aliphatic imine (C=N–C) groups is 1. The molecule has 0 aliphatic rings. The van der Waals surface area contributed by atoms with Crippen LogP contribution in [0.1, 0.15) is 6.92 Å². The minimum Gasteiger partial charge on any atom is -0.383 e. The number of halogens is 1.